The minimum Gasteiger partial charge on any atom is -0.481 e. The Kier molecular flexibility index (Phi) is 5.95. The van der Waals surface area contributed by atoms with Gasteiger partial charge < -0.3 is 15.3 Å². The lowest BCUT2D eigenvalue weighted by Gasteiger charge is -2.15. The second kappa shape index (κ2) is 6.78. The molecule has 5 nitrogen and oxygen atoms in total. The van der Waals surface area contributed by atoms with Crippen LogP contribution < -0.4 is 5.32 Å². The molecule has 5 heteroatoms. The minimum absolute atomic E-state index is 0.0522. The molecular weight excluding hydrogens is 184 g/mol. The van der Waals surface area contributed by atoms with Crippen molar-refractivity contribution in [2.45, 2.75) is 13.3 Å². The van der Waals surface area contributed by atoms with Crippen molar-refractivity contribution in [2.75, 3.05) is 20.1 Å². The molecule has 0 aliphatic heterocycles. The number of aliphatic carboxylic acids is 1. The van der Waals surface area contributed by atoms with E-state index in [1.807, 2.05) is 0 Å². The molecule has 0 radical (unpaired) electrons. The topological polar surface area (TPSA) is 69.6 Å². The highest BCUT2D eigenvalue weighted by molar-refractivity contribution is 5.75. The zero-order chi connectivity index (χ0) is 11.0. The third kappa shape index (κ3) is 5.89. The van der Waals surface area contributed by atoms with E-state index in [1.165, 1.54) is 11.9 Å². The number of hydrogen-bond donors (Lipinski definition) is 2. The van der Waals surface area contributed by atoms with Crippen LogP contribution in [0.2, 0.25) is 0 Å². The van der Waals surface area contributed by atoms with E-state index in [0.29, 0.717) is 0 Å². The van der Waals surface area contributed by atoms with E-state index in [0.717, 1.165) is 0 Å². The van der Waals surface area contributed by atoms with Gasteiger partial charge in [-0.1, -0.05) is 5.92 Å². The lowest BCUT2D eigenvalue weighted by molar-refractivity contribution is -0.137. The summed E-state index contributed by atoms with van der Waals surface area (Å²) in [5.74, 6) is 4.39. The van der Waals surface area contributed by atoms with E-state index in [9.17, 15) is 9.59 Å². The van der Waals surface area contributed by atoms with Crippen molar-refractivity contribution in [3.8, 4) is 11.8 Å². The third-order valence-electron chi connectivity index (χ3n) is 1.51. The number of hydrogen-bond acceptors (Lipinski definition) is 2. The van der Waals surface area contributed by atoms with E-state index in [1.54, 1.807) is 6.92 Å². The van der Waals surface area contributed by atoms with Crippen LogP contribution in [0.25, 0.3) is 0 Å². The Morgan fingerprint density at radius 1 is 1.50 bits per heavy atom. The molecule has 0 saturated carbocycles. The van der Waals surface area contributed by atoms with Gasteiger partial charge in [0.05, 0.1) is 13.0 Å². The molecule has 0 saturated heterocycles. The van der Waals surface area contributed by atoms with Gasteiger partial charge in [0, 0.05) is 13.6 Å². The molecule has 0 aromatic heterocycles. The van der Waals surface area contributed by atoms with Crippen molar-refractivity contribution < 1.29 is 14.7 Å². The van der Waals surface area contributed by atoms with Gasteiger partial charge in [0.15, 0.2) is 0 Å². The van der Waals surface area contributed by atoms with Crippen molar-refractivity contribution in [2.24, 2.45) is 0 Å². The summed E-state index contributed by atoms with van der Waals surface area (Å²) < 4.78 is 0. The summed E-state index contributed by atoms with van der Waals surface area (Å²) in [6.07, 6.45) is -0.0522. The van der Waals surface area contributed by atoms with Crippen molar-refractivity contribution >= 4 is 12.0 Å². The summed E-state index contributed by atoms with van der Waals surface area (Å²) in [4.78, 5) is 22.7. The van der Waals surface area contributed by atoms with Crippen LogP contribution in [0.3, 0.4) is 0 Å². The normalized spacial score (nSPS) is 8.43. The number of urea groups is 1. The summed E-state index contributed by atoms with van der Waals surface area (Å²) in [5.41, 5.74) is 0. The van der Waals surface area contributed by atoms with Gasteiger partial charge in [0.1, 0.15) is 0 Å². The maximum Gasteiger partial charge on any atom is 0.317 e. The average Bonchev–Trinajstić information content (AvgIpc) is 2.14. The first-order valence-corrected chi connectivity index (χ1v) is 4.18. The maximum absolute atomic E-state index is 11.2. The third-order valence-corrected chi connectivity index (χ3v) is 1.51. The Labute approximate surface area is 83.1 Å². The van der Waals surface area contributed by atoms with Crippen LogP contribution in [0.4, 0.5) is 4.79 Å². The Balaban J connectivity index is 3.74. The SMILES string of the molecule is CC#CCNC(=O)N(C)CCC(=O)O. The molecule has 0 heterocycles. The average molecular weight is 198 g/mol. The van der Waals surface area contributed by atoms with E-state index >= 15 is 0 Å². The van der Waals surface area contributed by atoms with E-state index < -0.39 is 5.97 Å². The van der Waals surface area contributed by atoms with Crippen molar-refractivity contribution in [1.82, 2.24) is 10.2 Å². The van der Waals surface area contributed by atoms with Crippen LogP contribution in [0.15, 0.2) is 0 Å². The molecule has 2 amide bonds. The van der Waals surface area contributed by atoms with Gasteiger partial charge in [-0.15, -0.1) is 5.92 Å². The fourth-order valence-electron chi connectivity index (χ4n) is 0.708. The van der Waals surface area contributed by atoms with Gasteiger partial charge in [0.2, 0.25) is 0 Å². The highest BCUT2D eigenvalue weighted by Crippen LogP contribution is 1.88. The molecule has 0 atom stereocenters. The smallest absolute Gasteiger partial charge is 0.317 e. The molecule has 0 unspecified atom stereocenters. The number of nitrogens with one attached hydrogen (secondary N) is 1. The first kappa shape index (κ1) is 12.3. The van der Waals surface area contributed by atoms with E-state index in [-0.39, 0.29) is 25.5 Å². The van der Waals surface area contributed by atoms with E-state index in [2.05, 4.69) is 17.2 Å². The highest BCUT2D eigenvalue weighted by atomic mass is 16.4. The molecule has 0 aromatic rings. The highest BCUT2D eigenvalue weighted by Gasteiger charge is 2.08. The zero-order valence-corrected chi connectivity index (χ0v) is 8.33. The Morgan fingerprint density at radius 3 is 2.64 bits per heavy atom. The Hall–Kier alpha value is -1.70. The summed E-state index contributed by atoms with van der Waals surface area (Å²) in [6, 6.07) is -0.311. The van der Waals surface area contributed by atoms with Gasteiger partial charge in [-0.05, 0) is 6.92 Å². The molecule has 2 N–H and O–H groups in total. The predicted octanol–water partition coefficient (Wildman–Crippen LogP) is 0.126. The molecule has 0 aliphatic carbocycles. The largest absolute Gasteiger partial charge is 0.481 e. The van der Waals surface area contributed by atoms with Gasteiger partial charge in [-0.3, -0.25) is 4.79 Å². The molecular formula is C9H14N2O3. The quantitative estimate of drug-likeness (QED) is 0.631. The van der Waals surface area contributed by atoms with Gasteiger partial charge >= 0.3 is 12.0 Å². The summed E-state index contributed by atoms with van der Waals surface area (Å²) >= 11 is 0. The van der Waals surface area contributed by atoms with Crippen LogP contribution in [-0.4, -0.2) is 42.1 Å². The summed E-state index contributed by atoms with van der Waals surface area (Å²) in [6.45, 7) is 2.16. The number of nitrogens with zero attached hydrogens (tertiary/aromatic N) is 1. The van der Waals surface area contributed by atoms with Crippen molar-refractivity contribution in [3.63, 3.8) is 0 Å². The molecule has 0 spiro atoms. The molecule has 0 bridgehead atoms. The number of carbonyl (C=O) groups is 2. The molecule has 0 rings (SSSR count). The maximum atomic E-state index is 11.2. The minimum atomic E-state index is -0.919. The van der Waals surface area contributed by atoms with Gasteiger partial charge in [0.25, 0.3) is 0 Å². The number of carbonyl (C=O) groups excluding carboxylic acids is 1. The van der Waals surface area contributed by atoms with Crippen LogP contribution in [0, 0.1) is 11.8 Å². The fraction of sp³-hybridized carbons (Fsp3) is 0.556. The summed E-state index contributed by atoms with van der Waals surface area (Å²) in [5, 5.41) is 10.9. The van der Waals surface area contributed by atoms with Crippen LogP contribution in [0.5, 0.6) is 0 Å². The second-order valence-electron chi connectivity index (χ2n) is 2.65. The molecule has 0 fully saturated rings. The zero-order valence-electron chi connectivity index (χ0n) is 8.33. The molecule has 0 aliphatic rings. The number of rotatable bonds is 4. The van der Waals surface area contributed by atoms with Gasteiger partial charge in [-0.25, -0.2) is 4.79 Å². The van der Waals surface area contributed by atoms with Crippen molar-refractivity contribution in [3.05, 3.63) is 0 Å². The summed E-state index contributed by atoms with van der Waals surface area (Å²) in [7, 11) is 1.54. The standard InChI is InChI=1S/C9H14N2O3/c1-3-4-6-10-9(14)11(2)7-5-8(12)13/h5-7H2,1-2H3,(H,10,14)(H,12,13). The first-order chi connectivity index (χ1) is 6.57. The monoisotopic (exact) mass is 198 g/mol. The fourth-order valence-corrected chi connectivity index (χ4v) is 0.708. The molecule has 14 heavy (non-hydrogen) atoms. The predicted molar refractivity (Wildman–Crippen MR) is 51.7 cm³/mol. The van der Waals surface area contributed by atoms with Crippen LogP contribution >= 0.6 is 0 Å². The van der Waals surface area contributed by atoms with Gasteiger partial charge in [-0.2, -0.15) is 0 Å². The van der Waals surface area contributed by atoms with Crippen molar-refractivity contribution in [1.29, 1.82) is 0 Å². The lowest BCUT2D eigenvalue weighted by Crippen LogP contribution is -2.38. The Morgan fingerprint density at radius 2 is 2.14 bits per heavy atom. The molecule has 78 valence electrons. The Bertz CT molecular complexity index is 265. The lowest BCUT2D eigenvalue weighted by atomic mass is 10.4. The number of carboxylic acid groups (broad SMARTS) is 1. The first-order valence-electron chi connectivity index (χ1n) is 4.18. The van der Waals surface area contributed by atoms with Crippen LogP contribution in [0.1, 0.15) is 13.3 Å². The van der Waals surface area contributed by atoms with Crippen LogP contribution in [-0.2, 0) is 4.79 Å². The second-order valence-corrected chi connectivity index (χ2v) is 2.65. The number of amides is 2. The number of carboxylic acids is 1. The van der Waals surface area contributed by atoms with E-state index in [4.69, 9.17) is 5.11 Å². The molecule has 0 aromatic carbocycles.